The van der Waals surface area contributed by atoms with Gasteiger partial charge in [-0.3, -0.25) is 9.59 Å². The third kappa shape index (κ3) is 4.18. The van der Waals surface area contributed by atoms with Crippen molar-refractivity contribution in [2.45, 2.75) is 13.0 Å². The van der Waals surface area contributed by atoms with Crippen LogP contribution >= 0.6 is 0 Å². The summed E-state index contributed by atoms with van der Waals surface area (Å²) >= 11 is 0. The van der Waals surface area contributed by atoms with Crippen LogP contribution in [-0.2, 0) is 14.3 Å². The third-order valence-electron chi connectivity index (χ3n) is 3.64. The predicted octanol–water partition coefficient (Wildman–Crippen LogP) is 2.21. The summed E-state index contributed by atoms with van der Waals surface area (Å²) in [6.45, 7) is 1.02. The molecule has 134 valence electrons. The maximum atomic E-state index is 12.1. The molecular weight excluding hydrogens is 338 g/mol. The van der Waals surface area contributed by atoms with E-state index in [-0.39, 0.29) is 18.3 Å². The number of esters is 1. The van der Waals surface area contributed by atoms with Gasteiger partial charge in [0.1, 0.15) is 6.61 Å². The summed E-state index contributed by atoms with van der Waals surface area (Å²) < 4.78 is 16.0. The maximum Gasteiger partial charge on any atom is 0.351 e. The van der Waals surface area contributed by atoms with Gasteiger partial charge >= 0.3 is 5.97 Å². The highest BCUT2D eigenvalue weighted by atomic mass is 16.6. The number of hydrogen-bond acceptors (Lipinski definition) is 6. The van der Waals surface area contributed by atoms with Crippen molar-refractivity contribution in [3.63, 3.8) is 0 Å². The molecule has 1 amide bonds. The van der Waals surface area contributed by atoms with E-state index < -0.39 is 18.7 Å². The second-order valence-corrected chi connectivity index (χ2v) is 5.65. The van der Waals surface area contributed by atoms with Crippen molar-refractivity contribution >= 4 is 23.3 Å². The van der Waals surface area contributed by atoms with Crippen molar-refractivity contribution in [3.8, 4) is 11.5 Å². The van der Waals surface area contributed by atoms with Gasteiger partial charge < -0.3 is 19.5 Å². The fourth-order valence-corrected chi connectivity index (χ4v) is 2.39. The zero-order valence-electron chi connectivity index (χ0n) is 14.1. The Morgan fingerprint density at radius 1 is 1.08 bits per heavy atom. The van der Waals surface area contributed by atoms with Crippen LogP contribution in [0.2, 0.25) is 0 Å². The minimum atomic E-state index is -0.917. The number of carbonyl (C=O) groups is 3. The lowest BCUT2D eigenvalue weighted by atomic mass is 10.1. The summed E-state index contributed by atoms with van der Waals surface area (Å²) in [5.41, 5.74) is 0.954. The van der Waals surface area contributed by atoms with Crippen molar-refractivity contribution < 1.29 is 28.6 Å². The quantitative estimate of drug-likeness (QED) is 0.653. The van der Waals surface area contributed by atoms with Gasteiger partial charge in [-0.05, 0) is 36.4 Å². The molecule has 0 radical (unpaired) electrons. The number of para-hydroxylation sites is 2. The summed E-state index contributed by atoms with van der Waals surface area (Å²) in [4.78, 5) is 35.2. The number of fused-ring (bicyclic) bond motifs is 1. The summed E-state index contributed by atoms with van der Waals surface area (Å²) in [5, 5.41) is 2.61. The molecule has 2 aromatic carbocycles. The van der Waals surface area contributed by atoms with Gasteiger partial charge in [-0.15, -0.1) is 0 Å². The van der Waals surface area contributed by atoms with Gasteiger partial charge in [0.2, 0.25) is 12.0 Å². The molecule has 7 heteroatoms. The first-order valence-corrected chi connectivity index (χ1v) is 7.99. The second-order valence-electron chi connectivity index (χ2n) is 5.65. The number of nitrogens with one attached hydrogen (secondary N) is 1. The lowest BCUT2D eigenvalue weighted by molar-refractivity contribution is -0.153. The molecule has 26 heavy (non-hydrogen) atoms. The fourth-order valence-electron chi connectivity index (χ4n) is 2.39. The van der Waals surface area contributed by atoms with Crippen LogP contribution in [-0.4, -0.2) is 37.0 Å². The molecule has 1 aliphatic heterocycles. The molecule has 3 rings (SSSR count). The number of anilines is 1. The van der Waals surface area contributed by atoms with Crippen LogP contribution < -0.4 is 14.8 Å². The van der Waals surface area contributed by atoms with E-state index in [0.29, 0.717) is 22.7 Å². The number of amides is 1. The highest BCUT2D eigenvalue weighted by Crippen LogP contribution is 2.31. The molecule has 1 N–H and O–H groups in total. The van der Waals surface area contributed by atoms with E-state index in [0.717, 1.165) is 0 Å². The SMILES string of the molecule is CC(=O)Nc1ccc(C(=O)COC(=O)[C@H]2COc3ccccc3O2)cc1. The zero-order chi connectivity index (χ0) is 18.5. The van der Waals surface area contributed by atoms with Gasteiger partial charge in [-0.2, -0.15) is 0 Å². The number of ether oxygens (including phenoxy) is 3. The number of benzene rings is 2. The van der Waals surface area contributed by atoms with E-state index in [1.165, 1.54) is 6.92 Å². The minimum Gasteiger partial charge on any atom is -0.485 e. The van der Waals surface area contributed by atoms with E-state index in [2.05, 4.69) is 5.32 Å². The molecule has 0 spiro atoms. The van der Waals surface area contributed by atoms with Gasteiger partial charge in [0.05, 0.1) is 0 Å². The normalized spacial score (nSPS) is 15.0. The molecule has 0 fully saturated rings. The van der Waals surface area contributed by atoms with Crippen LogP contribution in [0.4, 0.5) is 5.69 Å². The lowest BCUT2D eigenvalue weighted by Gasteiger charge is -2.24. The number of Topliss-reactive ketones (excluding diaryl/α,β-unsaturated/α-hetero) is 1. The Morgan fingerprint density at radius 3 is 2.46 bits per heavy atom. The predicted molar refractivity (Wildman–Crippen MR) is 92.4 cm³/mol. The Labute approximate surface area is 149 Å². The van der Waals surface area contributed by atoms with E-state index in [9.17, 15) is 14.4 Å². The van der Waals surface area contributed by atoms with Crippen LogP contribution in [0.5, 0.6) is 11.5 Å². The first kappa shape index (κ1) is 17.5. The first-order chi connectivity index (χ1) is 12.5. The van der Waals surface area contributed by atoms with Crippen molar-refractivity contribution in [1.29, 1.82) is 0 Å². The van der Waals surface area contributed by atoms with E-state index >= 15 is 0 Å². The maximum absolute atomic E-state index is 12.1. The smallest absolute Gasteiger partial charge is 0.351 e. The van der Waals surface area contributed by atoms with Crippen LogP contribution in [0.15, 0.2) is 48.5 Å². The number of hydrogen-bond donors (Lipinski definition) is 1. The van der Waals surface area contributed by atoms with Gasteiger partial charge in [0.15, 0.2) is 23.9 Å². The van der Waals surface area contributed by atoms with Crippen molar-refractivity contribution in [3.05, 3.63) is 54.1 Å². The van der Waals surface area contributed by atoms with Crippen LogP contribution in [0.3, 0.4) is 0 Å². The average Bonchev–Trinajstić information content (AvgIpc) is 2.65. The molecule has 0 bridgehead atoms. The minimum absolute atomic E-state index is 0.0233. The van der Waals surface area contributed by atoms with Crippen LogP contribution in [0.1, 0.15) is 17.3 Å². The molecule has 0 saturated carbocycles. The molecule has 0 aromatic heterocycles. The number of ketones is 1. The molecule has 0 aliphatic carbocycles. The number of rotatable bonds is 5. The van der Waals surface area contributed by atoms with Crippen LogP contribution in [0, 0.1) is 0 Å². The average molecular weight is 355 g/mol. The highest BCUT2D eigenvalue weighted by Gasteiger charge is 2.29. The first-order valence-electron chi connectivity index (χ1n) is 7.99. The molecule has 2 aromatic rings. The summed E-state index contributed by atoms with van der Waals surface area (Å²) in [6.07, 6.45) is -0.917. The lowest BCUT2D eigenvalue weighted by Crippen LogP contribution is -2.38. The van der Waals surface area contributed by atoms with E-state index in [4.69, 9.17) is 14.2 Å². The second kappa shape index (κ2) is 7.69. The van der Waals surface area contributed by atoms with Crippen molar-refractivity contribution in [2.24, 2.45) is 0 Å². The highest BCUT2D eigenvalue weighted by molar-refractivity contribution is 5.98. The third-order valence-corrected chi connectivity index (χ3v) is 3.64. The standard InChI is InChI=1S/C19H17NO6/c1-12(21)20-14-8-6-13(7-9-14)15(22)10-25-19(23)18-11-24-16-4-2-3-5-17(16)26-18/h2-9,18H,10-11H2,1H3,(H,20,21)/t18-/m1/s1. The Morgan fingerprint density at radius 2 is 1.77 bits per heavy atom. The zero-order valence-corrected chi connectivity index (χ0v) is 14.1. The molecule has 0 saturated heterocycles. The van der Waals surface area contributed by atoms with Gasteiger partial charge in [-0.1, -0.05) is 12.1 Å². The molecular formula is C19H17NO6. The Hall–Kier alpha value is -3.35. The Balaban J connectivity index is 1.53. The molecule has 1 heterocycles. The topological polar surface area (TPSA) is 90.9 Å². The summed E-state index contributed by atoms with van der Waals surface area (Å²) in [7, 11) is 0. The van der Waals surface area contributed by atoms with Crippen molar-refractivity contribution in [1.82, 2.24) is 0 Å². The fraction of sp³-hybridized carbons (Fsp3) is 0.211. The van der Waals surface area contributed by atoms with Crippen molar-refractivity contribution in [2.75, 3.05) is 18.5 Å². The van der Waals surface area contributed by atoms with E-state index in [1.54, 1.807) is 48.5 Å². The molecule has 1 aliphatic rings. The molecule has 1 atom stereocenters. The van der Waals surface area contributed by atoms with Gasteiger partial charge in [-0.25, -0.2) is 4.79 Å². The number of carbonyl (C=O) groups excluding carboxylic acids is 3. The summed E-state index contributed by atoms with van der Waals surface area (Å²) in [5.74, 6) is -0.200. The Bertz CT molecular complexity index is 830. The largest absolute Gasteiger partial charge is 0.485 e. The summed E-state index contributed by atoms with van der Waals surface area (Å²) in [6, 6.07) is 13.3. The molecule has 7 nitrogen and oxygen atoms in total. The van der Waals surface area contributed by atoms with Gasteiger partial charge in [0, 0.05) is 18.2 Å². The molecule has 0 unspecified atom stereocenters. The Kier molecular flexibility index (Phi) is 5.17. The van der Waals surface area contributed by atoms with Crippen LogP contribution in [0.25, 0.3) is 0 Å². The monoisotopic (exact) mass is 355 g/mol. The van der Waals surface area contributed by atoms with E-state index in [1.807, 2.05) is 0 Å². The van der Waals surface area contributed by atoms with Gasteiger partial charge in [0.25, 0.3) is 0 Å².